The molecule has 4 nitrogen and oxygen atoms in total. The summed E-state index contributed by atoms with van der Waals surface area (Å²) in [6.45, 7) is 0. The lowest BCUT2D eigenvalue weighted by Crippen LogP contribution is -2.06. The number of para-hydroxylation sites is 1. The van der Waals surface area contributed by atoms with E-state index >= 15 is 0 Å². The van der Waals surface area contributed by atoms with Gasteiger partial charge in [-0.25, -0.2) is 4.98 Å². The molecule has 0 bridgehead atoms. The molecule has 0 spiro atoms. The average molecular weight is 295 g/mol. The van der Waals surface area contributed by atoms with Gasteiger partial charge in [-0.15, -0.1) is 11.3 Å². The smallest absolute Gasteiger partial charge is 0.195 e. The third-order valence-corrected chi connectivity index (χ3v) is 4.05. The van der Waals surface area contributed by atoms with Gasteiger partial charge in [-0.1, -0.05) is 12.1 Å². The fraction of sp³-hybridized carbons (Fsp3) is 0.125. The monoisotopic (exact) mass is 295 g/mol. The summed E-state index contributed by atoms with van der Waals surface area (Å²) in [5.74, 6) is 1.40. The second-order valence-electron chi connectivity index (χ2n) is 4.73. The summed E-state index contributed by atoms with van der Waals surface area (Å²) >= 11 is 1.51. The minimum atomic E-state index is 0.510. The first-order valence-corrected chi connectivity index (χ1v) is 7.24. The fourth-order valence-corrected chi connectivity index (χ4v) is 2.86. The van der Waals surface area contributed by atoms with E-state index < -0.39 is 0 Å². The summed E-state index contributed by atoms with van der Waals surface area (Å²) in [7, 11) is 3.82. The Kier molecular flexibility index (Phi) is 3.46. The maximum absolute atomic E-state index is 9.38. The molecule has 0 aliphatic rings. The number of fused-ring (bicyclic) bond motifs is 1. The van der Waals surface area contributed by atoms with E-state index in [-0.39, 0.29) is 0 Å². The van der Waals surface area contributed by atoms with Crippen LogP contribution in [0.15, 0.2) is 40.8 Å². The Labute approximate surface area is 126 Å². The van der Waals surface area contributed by atoms with Crippen molar-refractivity contribution < 1.29 is 4.42 Å². The summed E-state index contributed by atoms with van der Waals surface area (Å²) in [5.41, 5.74) is 1.42. The van der Waals surface area contributed by atoms with Gasteiger partial charge >= 0.3 is 0 Å². The highest BCUT2D eigenvalue weighted by Gasteiger charge is 2.10. The first-order chi connectivity index (χ1) is 10.2. The Morgan fingerprint density at radius 2 is 2.10 bits per heavy atom. The van der Waals surface area contributed by atoms with Gasteiger partial charge in [0.1, 0.15) is 16.8 Å². The van der Waals surface area contributed by atoms with Crippen LogP contribution in [0, 0.1) is 11.3 Å². The van der Waals surface area contributed by atoms with Crippen LogP contribution in [0.2, 0.25) is 0 Å². The Bertz CT molecular complexity index is 819. The lowest BCUT2D eigenvalue weighted by molar-refractivity contribution is 0.555. The van der Waals surface area contributed by atoms with Crippen LogP contribution >= 0.6 is 11.3 Å². The van der Waals surface area contributed by atoms with E-state index in [9.17, 15) is 5.26 Å². The molecule has 0 unspecified atom stereocenters. The van der Waals surface area contributed by atoms with Crippen LogP contribution in [0.3, 0.4) is 0 Å². The second kappa shape index (κ2) is 5.43. The number of hydrogen-bond acceptors (Lipinski definition) is 5. The number of nitrogens with zero attached hydrogens (tertiary/aromatic N) is 3. The van der Waals surface area contributed by atoms with E-state index in [2.05, 4.69) is 11.1 Å². The third kappa shape index (κ3) is 2.67. The van der Waals surface area contributed by atoms with Gasteiger partial charge in [0.05, 0.1) is 15.8 Å². The van der Waals surface area contributed by atoms with Gasteiger partial charge in [-0.2, -0.15) is 5.26 Å². The van der Waals surface area contributed by atoms with Crippen molar-refractivity contribution in [1.82, 2.24) is 4.98 Å². The van der Waals surface area contributed by atoms with Gasteiger partial charge in [-0.05, 0) is 18.2 Å². The van der Waals surface area contributed by atoms with Crippen molar-refractivity contribution in [2.45, 2.75) is 0 Å². The lowest BCUT2D eigenvalue weighted by atomic mass is 10.2. The van der Waals surface area contributed by atoms with Crippen molar-refractivity contribution in [3.8, 4) is 6.07 Å². The minimum Gasteiger partial charge on any atom is -0.441 e. The first-order valence-electron chi connectivity index (χ1n) is 6.42. The molecule has 0 amide bonds. The van der Waals surface area contributed by atoms with Crippen LogP contribution in [0.4, 0.5) is 5.88 Å². The quantitative estimate of drug-likeness (QED) is 0.685. The van der Waals surface area contributed by atoms with E-state index in [0.29, 0.717) is 16.3 Å². The molecule has 0 saturated carbocycles. The zero-order valence-electron chi connectivity index (χ0n) is 11.7. The lowest BCUT2D eigenvalue weighted by Gasteiger charge is -2.05. The number of benzene rings is 1. The van der Waals surface area contributed by atoms with Crippen LogP contribution in [0.5, 0.6) is 0 Å². The van der Waals surface area contributed by atoms with Crippen LogP contribution < -0.4 is 4.90 Å². The average Bonchev–Trinajstić information content (AvgIpc) is 3.11. The molecule has 0 aliphatic carbocycles. The molecule has 1 aromatic carbocycles. The fourth-order valence-electron chi connectivity index (χ4n) is 1.93. The summed E-state index contributed by atoms with van der Waals surface area (Å²) in [6, 6.07) is 13.8. The second-order valence-corrected chi connectivity index (χ2v) is 5.76. The van der Waals surface area contributed by atoms with E-state index in [1.807, 2.05) is 55.4 Å². The van der Waals surface area contributed by atoms with Gasteiger partial charge in [0.15, 0.2) is 5.88 Å². The van der Waals surface area contributed by atoms with Crippen molar-refractivity contribution in [1.29, 1.82) is 5.26 Å². The van der Waals surface area contributed by atoms with E-state index in [4.69, 9.17) is 4.42 Å². The van der Waals surface area contributed by atoms with Gasteiger partial charge in [-0.3, -0.25) is 0 Å². The maximum Gasteiger partial charge on any atom is 0.195 e. The topological polar surface area (TPSA) is 53.1 Å². The van der Waals surface area contributed by atoms with E-state index in [0.717, 1.165) is 16.1 Å². The number of aromatic nitrogens is 1. The van der Waals surface area contributed by atoms with Crippen LogP contribution in [-0.2, 0) is 0 Å². The summed E-state index contributed by atoms with van der Waals surface area (Å²) in [6.07, 6.45) is 1.73. The van der Waals surface area contributed by atoms with Crippen LogP contribution in [-0.4, -0.2) is 19.1 Å². The van der Waals surface area contributed by atoms with Crippen LogP contribution in [0.25, 0.3) is 21.9 Å². The third-order valence-electron chi connectivity index (χ3n) is 2.98. The van der Waals surface area contributed by atoms with E-state index in [1.54, 1.807) is 6.08 Å². The largest absolute Gasteiger partial charge is 0.441 e. The zero-order valence-corrected chi connectivity index (χ0v) is 12.5. The molecule has 2 aromatic heterocycles. The van der Waals surface area contributed by atoms with Gasteiger partial charge in [0, 0.05) is 26.2 Å². The van der Waals surface area contributed by atoms with Crippen molar-refractivity contribution in [2.24, 2.45) is 0 Å². The number of anilines is 1. The molecule has 21 heavy (non-hydrogen) atoms. The Morgan fingerprint density at radius 1 is 1.29 bits per heavy atom. The SMILES string of the molecule is CN(C)c1ccc(/C=C(\C#N)c2nc3ccccc3s2)o1. The highest BCUT2D eigenvalue weighted by molar-refractivity contribution is 7.19. The molecule has 3 aromatic rings. The molecule has 0 atom stereocenters. The van der Waals surface area contributed by atoms with Crippen LogP contribution in [0.1, 0.15) is 10.8 Å². The molecular formula is C16H13N3OS. The van der Waals surface area contributed by atoms with Gasteiger partial charge < -0.3 is 9.32 Å². The molecular weight excluding hydrogens is 282 g/mol. The molecule has 0 fully saturated rings. The van der Waals surface area contributed by atoms with Gasteiger partial charge in [0.25, 0.3) is 0 Å². The maximum atomic E-state index is 9.38. The normalized spacial score (nSPS) is 11.6. The predicted molar refractivity (Wildman–Crippen MR) is 86.1 cm³/mol. The summed E-state index contributed by atoms with van der Waals surface area (Å²) in [4.78, 5) is 6.37. The summed E-state index contributed by atoms with van der Waals surface area (Å²) < 4.78 is 6.72. The highest BCUT2D eigenvalue weighted by atomic mass is 32.1. The number of nitriles is 1. The van der Waals surface area contributed by atoms with E-state index in [1.165, 1.54) is 11.3 Å². The Morgan fingerprint density at radius 3 is 2.76 bits per heavy atom. The minimum absolute atomic E-state index is 0.510. The predicted octanol–water partition coefficient (Wildman–Crippen LogP) is 4.02. The van der Waals surface area contributed by atoms with Crippen molar-refractivity contribution >= 4 is 39.1 Å². The number of rotatable bonds is 3. The molecule has 0 radical (unpaired) electrons. The number of hydrogen-bond donors (Lipinski definition) is 0. The van der Waals surface area contributed by atoms with Crippen molar-refractivity contribution in [3.63, 3.8) is 0 Å². The Hall–Kier alpha value is -2.58. The standard InChI is InChI=1S/C16H13N3OS/c1-19(2)15-8-7-12(20-15)9-11(10-17)16-18-13-5-3-4-6-14(13)21-16/h3-9H,1-2H3/b11-9+. The molecule has 2 heterocycles. The number of allylic oxidation sites excluding steroid dienone is 1. The highest BCUT2D eigenvalue weighted by Crippen LogP contribution is 2.28. The molecule has 104 valence electrons. The number of thiazole rings is 1. The summed E-state index contributed by atoms with van der Waals surface area (Å²) in [5, 5.41) is 10.1. The molecule has 0 saturated heterocycles. The molecule has 0 N–H and O–H groups in total. The first kappa shape index (κ1) is 13.4. The van der Waals surface area contributed by atoms with Crippen molar-refractivity contribution in [3.05, 3.63) is 47.2 Å². The zero-order chi connectivity index (χ0) is 14.8. The Balaban J connectivity index is 2.00. The molecule has 3 rings (SSSR count). The number of furan rings is 1. The molecule has 0 aliphatic heterocycles. The molecule has 5 heteroatoms. The van der Waals surface area contributed by atoms with Gasteiger partial charge in [0.2, 0.25) is 0 Å². The van der Waals surface area contributed by atoms with Crippen molar-refractivity contribution in [2.75, 3.05) is 19.0 Å².